The van der Waals surface area contributed by atoms with E-state index < -0.39 is 0 Å². The number of likely N-dealkylation sites (tertiary alicyclic amines) is 1. The van der Waals surface area contributed by atoms with Crippen LogP contribution >= 0.6 is 11.6 Å². The van der Waals surface area contributed by atoms with Crippen LogP contribution in [0.5, 0.6) is 0 Å². The van der Waals surface area contributed by atoms with Gasteiger partial charge in [0.2, 0.25) is 0 Å². The standard InChI is InChI=1S/C16H25ClFN3/c1-20-7-5-12(6-8-20)11-21(2)16(10-19)13-3-4-14(17)15(18)9-13/h3-4,9,12,16H,5-8,10-11,19H2,1-2H3. The highest BCUT2D eigenvalue weighted by atomic mass is 35.5. The van der Waals surface area contributed by atoms with Crippen LogP contribution < -0.4 is 5.73 Å². The zero-order valence-electron chi connectivity index (χ0n) is 12.9. The van der Waals surface area contributed by atoms with Gasteiger partial charge in [0.25, 0.3) is 0 Å². The lowest BCUT2D eigenvalue weighted by atomic mass is 9.95. The smallest absolute Gasteiger partial charge is 0.142 e. The second kappa shape index (κ2) is 7.54. The molecule has 0 spiro atoms. The molecule has 1 fully saturated rings. The monoisotopic (exact) mass is 313 g/mol. The van der Waals surface area contributed by atoms with E-state index in [0.717, 1.165) is 25.2 Å². The van der Waals surface area contributed by atoms with Gasteiger partial charge in [-0.3, -0.25) is 4.90 Å². The predicted octanol–water partition coefficient (Wildman–Crippen LogP) is 2.75. The van der Waals surface area contributed by atoms with E-state index in [1.807, 2.05) is 6.07 Å². The largest absolute Gasteiger partial charge is 0.329 e. The van der Waals surface area contributed by atoms with Crippen molar-refractivity contribution in [2.24, 2.45) is 11.7 Å². The summed E-state index contributed by atoms with van der Waals surface area (Å²) in [6.45, 7) is 3.78. The van der Waals surface area contributed by atoms with Crippen LogP contribution in [0, 0.1) is 11.7 Å². The number of likely N-dealkylation sites (N-methyl/N-ethyl adjacent to an activating group) is 1. The van der Waals surface area contributed by atoms with Crippen LogP contribution in [0.2, 0.25) is 5.02 Å². The fourth-order valence-electron chi connectivity index (χ4n) is 3.07. The number of hydrogen-bond donors (Lipinski definition) is 1. The van der Waals surface area contributed by atoms with Crippen molar-refractivity contribution in [1.82, 2.24) is 9.80 Å². The molecule has 1 saturated heterocycles. The Hall–Kier alpha value is -0.680. The lowest BCUT2D eigenvalue weighted by Gasteiger charge is -2.35. The van der Waals surface area contributed by atoms with Crippen molar-refractivity contribution >= 4 is 11.6 Å². The maximum atomic E-state index is 13.6. The summed E-state index contributed by atoms with van der Waals surface area (Å²) < 4.78 is 13.6. The van der Waals surface area contributed by atoms with Gasteiger partial charge in [0.1, 0.15) is 5.82 Å². The Balaban J connectivity index is 2.00. The summed E-state index contributed by atoms with van der Waals surface area (Å²) in [6, 6.07) is 5.02. The minimum Gasteiger partial charge on any atom is -0.329 e. The first-order chi connectivity index (χ1) is 10.0. The third kappa shape index (κ3) is 4.39. The number of hydrogen-bond acceptors (Lipinski definition) is 3. The molecule has 3 nitrogen and oxygen atoms in total. The van der Waals surface area contributed by atoms with E-state index >= 15 is 0 Å². The van der Waals surface area contributed by atoms with Gasteiger partial charge in [-0.15, -0.1) is 0 Å². The maximum Gasteiger partial charge on any atom is 0.142 e. The molecular weight excluding hydrogens is 289 g/mol. The molecule has 5 heteroatoms. The lowest BCUT2D eigenvalue weighted by Crippen LogP contribution is -2.38. The Kier molecular flexibility index (Phi) is 5.99. The van der Waals surface area contributed by atoms with Crippen LogP contribution in [0.25, 0.3) is 0 Å². The Morgan fingerprint density at radius 2 is 2.10 bits per heavy atom. The molecule has 1 aromatic carbocycles. The fraction of sp³-hybridized carbons (Fsp3) is 0.625. The Labute approximate surface area is 131 Å². The summed E-state index contributed by atoms with van der Waals surface area (Å²) in [5.41, 5.74) is 6.81. The number of nitrogens with zero attached hydrogens (tertiary/aromatic N) is 2. The van der Waals surface area contributed by atoms with Crippen molar-refractivity contribution in [1.29, 1.82) is 0 Å². The SMILES string of the molecule is CN1CCC(CN(C)C(CN)c2ccc(Cl)c(F)c2)CC1. The highest BCUT2D eigenvalue weighted by Gasteiger charge is 2.22. The van der Waals surface area contributed by atoms with E-state index in [4.69, 9.17) is 17.3 Å². The van der Waals surface area contributed by atoms with E-state index in [-0.39, 0.29) is 16.9 Å². The molecule has 0 aromatic heterocycles. The summed E-state index contributed by atoms with van der Waals surface area (Å²) in [5.74, 6) is 0.317. The van der Waals surface area contributed by atoms with Gasteiger partial charge in [-0.05, 0) is 63.6 Å². The van der Waals surface area contributed by atoms with Crippen molar-refractivity contribution in [3.8, 4) is 0 Å². The topological polar surface area (TPSA) is 32.5 Å². The second-order valence-corrected chi connectivity index (χ2v) is 6.52. The van der Waals surface area contributed by atoms with Crippen LogP contribution in [0.15, 0.2) is 18.2 Å². The molecule has 1 aliphatic rings. The molecule has 1 heterocycles. The van der Waals surface area contributed by atoms with E-state index in [1.54, 1.807) is 6.07 Å². The van der Waals surface area contributed by atoms with Crippen LogP contribution in [0.4, 0.5) is 4.39 Å². The summed E-state index contributed by atoms with van der Waals surface area (Å²) in [5, 5.41) is 0.160. The highest BCUT2D eigenvalue weighted by molar-refractivity contribution is 6.30. The molecule has 2 N–H and O–H groups in total. The molecule has 1 unspecified atom stereocenters. The van der Waals surface area contributed by atoms with Gasteiger partial charge in [-0.2, -0.15) is 0 Å². The Bertz CT molecular complexity index is 461. The summed E-state index contributed by atoms with van der Waals surface area (Å²) in [4.78, 5) is 4.62. The summed E-state index contributed by atoms with van der Waals surface area (Å²) in [7, 11) is 4.24. The molecule has 0 saturated carbocycles. The van der Waals surface area contributed by atoms with Crippen molar-refractivity contribution in [3.63, 3.8) is 0 Å². The number of piperidine rings is 1. The molecule has 0 bridgehead atoms. The predicted molar refractivity (Wildman–Crippen MR) is 86.1 cm³/mol. The third-order valence-corrected chi connectivity index (χ3v) is 4.77. The number of benzene rings is 1. The number of nitrogens with two attached hydrogens (primary N) is 1. The van der Waals surface area contributed by atoms with E-state index in [0.29, 0.717) is 12.5 Å². The zero-order valence-corrected chi connectivity index (χ0v) is 13.6. The molecule has 0 aliphatic carbocycles. The van der Waals surface area contributed by atoms with Crippen molar-refractivity contribution in [2.45, 2.75) is 18.9 Å². The van der Waals surface area contributed by atoms with E-state index in [9.17, 15) is 4.39 Å². The third-order valence-electron chi connectivity index (χ3n) is 4.47. The maximum absolute atomic E-state index is 13.6. The quantitative estimate of drug-likeness (QED) is 0.907. The first-order valence-electron chi connectivity index (χ1n) is 7.55. The van der Waals surface area contributed by atoms with Crippen molar-refractivity contribution < 1.29 is 4.39 Å². The van der Waals surface area contributed by atoms with Crippen molar-refractivity contribution in [2.75, 3.05) is 40.3 Å². The van der Waals surface area contributed by atoms with Crippen LogP contribution in [-0.4, -0.2) is 50.1 Å². The van der Waals surface area contributed by atoms with Gasteiger partial charge in [-0.25, -0.2) is 4.39 Å². The lowest BCUT2D eigenvalue weighted by molar-refractivity contribution is 0.151. The zero-order chi connectivity index (χ0) is 15.4. The Morgan fingerprint density at radius 1 is 1.43 bits per heavy atom. The molecule has 1 aromatic rings. The van der Waals surface area contributed by atoms with E-state index in [2.05, 4.69) is 23.9 Å². The summed E-state index contributed by atoms with van der Waals surface area (Å²) >= 11 is 5.75. The molecule has 1 atom stereocenters. The van der Waals surface area contributed by atoms with Crippen molar-refractivity contribution in [3.05, 3.63) is 34.6 Å². The second-order valence-electron chi connectivity index (χ2n) is 6.11. The van der Waals surface area contributed by atoms with Crippen LogP contribution in [-0.2, 0) is 0 Å². The molecule has 2 rings (SSSR count). The van der Waals surface area contributed by atoms with E-state index in [1.165, 1.54) is 18.9 Å². The van der Waals surface area contributed by atoms with Gasteiger partial charge in [-0.1, -0.05) is 17.7 Å². The minimum absolute atomic E-state index is 0.0384. The number of rotatable bonds is 5. The first-order valence-corrected chi connectivity index (χ1v) is 7.93. The van der Waals surface area contributed by atoms with Crippen LogP contribution in [0.1, 0.15) is 24.4 Å². The normalized spacial score (nSPS) is 19.1. The molecular formula is C16H25ClFN3. The van der Waals surface area contributed by atoms with Gasteiger partial charge < -0.3 is 10.6 Å². The number of halogens is 2. The average Bonchev–Trinajstić information content (AvgIpc) is 2.46. The molecule has 0 amide bonds. The summed E-state index contributed by atoms with van der Waals surface area (Å²) in [6.07, 6.45) is 2.43. The van der Waals surface area contributed by atoms with Gasteiger partial charge >= 0.3 is 0 Å². The molecule has 0 radical (unpaired) electrons. The van der Waals surface area contributed by atoms with Crippen LogP contribution in [0.3, 0.4) is 0 Å². The van der Waals surface area contributed by atoms with Gasteiger partial charge in [0, 0.05) is 19.1 Å². The fourth-order valence-corrected chi connectivity index (χ4v) is 3.19. The molecule has 118 valence electrons. The van der Waals surface area contributed by atoms with Gasteiger partial charge in [0.15, 0.2) is 0 Å². The highest BCUT2D eigenvalue weighted by Crippen LogP contribution is 2.25. The average molecular weight is 314 g/mol. The minimum atomic E-state index is -0.375. The first kappa shape index (κ1) is 16.7. The molecule has 21 heavy (non-hydrogen) atoms. The van der Waals surface area contributed by atoms with Gasteiger partial charge in [0.05, 0.1) is 5.02 Å². The molecule has 1 aliphatic heterocycles. The Morgan fingerprint density at radius 3 is 2.67 bits per heavy atom.